The Hall–Kier alpha value is -2.05. The summed E-state index contributed by atoms with van der Waals surface area (Å²) in [6, 6.07) is 5.32. The van der Waals surface area contributed by atoms with E-state index in [0.717, 1.165) is 11.3 Å². The van der Waals surface area contributed by atoms with Crippen molar-refractivity contribution in [3.63, 3.8) is 0 Å². The van der Waals surface area contributed by atoms with Crippen LogP contribution < -0.4 is 21.3 Å². The standard InChI is InChI=1S/C12H14ClN5O/c1-7-3-9(10(19-2)4-8(7)13)17-11-5-12(18-14)16-6-15-11/h3-6H,14H2,1-2H3,(H2,15,16,17,18). The molecule has 7 heteroatoms. The fourth-order valence-corrected chi connectivity index (χ4v) is 1.73. The number of ether oxygens (including phenoxy) is 1. The number of nitrogens with two attached hydrogens (primary N) is 1. The third kappa shape index (κ3) is 3.04. The lowest BCUT2D eigenvalue weighted by Gasteiger charge is -2.12. The van der Waals surface area contributed by atoms with Crippen LogP contribution in [-0.4, -0.2) is 17.1 Å². The first-order chi connectivity index (χ1) is 9.13. The third-order valence-corrected chi connectivity index (χ3v) is 2.97. The van der Waals surface area contributed by atoms with Crippen LogP contribution in [0.15, 0.2) is 24.5 Å². The number of nitrogen functional groups attached to an aromatic ring is 1. The zero-order valence-electron chi connectivity index (χ0n) is 10.6. The van der Waals surface area contributed by atoms with E-state index in [2.05, 4.69) is 20.7 Å². The maximum Gasteiger partial charge on any atom is 0.145 e. The molecule has 2 aromatic rings. The van der Waals surface area contributed by atoms with Crippen LogP contribution in [0.3, 0.4) is 0 Å². The summed E-state index contributed by atoms with van der Waals surface area (Å²) >= 11 is 6.06. The van der Waals surface area contributed by atoms with E-state index in [0.29, 0.717) is 22.4 Å². The first-order valence-corrected chi connectivity index (χ1v) is 5.91. The summed E-state index contributed by atoms with van der Waals surface area (Å²) in [7, 11) is 1.58. The molecule has 0 saturated heterocycles. The molecule has 0 fully saturated rings. The normalized spacial score (nSPS) is 10.1. The fraction of sp³-hybridized carbons (Fsp3) is 0.167. The van der Waals surface area contributed by atoms with Gasteiger partial charge in [-0.3, -0.25) is 0 Å². The van der Waals surface area contributed by atoms with Crippen LogP contribution in [-0.2, 0) is 0 Å². The molecule has 0 bridgehead atoms. The minimum Gasteiger partial charge on any atom is -0.495 e. The van der Waals surface area contributed by atoms with Crippen molar-refractivity contribution in [1.29, 1.82) is 0 Å². The molecule has 0 spiro atoms. The summed E-state index contributed by atoms with van der Waals surface area (Å²) < 4.78 is 5.28. The Morgan fingerprint density at radius 2 is 1.95 bits per heavy atom. The van der Waals surface area contributed by atoms with Gasteiger partial charge < -0.3 is 15.5 Å². The van der Waals surface area contributed by atoms with E-state index < -0.39 is 0 Å². The van der Waals surface area contributed by atoms with Crippen molar-refractivity contribution in [3.05, 3.63) is 35.1 Å². The monoisotopic (exact) mass is 279 g/mol. The Balaban J connectivity index is 2.34. The molecule has 19 heavy (non-hydrogen) atoms. The van der Waals surface area contributed by atoms with Crippen molar-refractivity contribution in [2.24, 2.45) is 5.84 Å². The topological polar surface area (TPSA) is 85.1 Å². The van der Waals surface area contributed by atoms with Gasteiger partial charge in [-0.15, -0.1) is 0 Å². The van der Waals surface area contributed by atoms with Gasteiger partial charge in [0.15, 0.2) is 0 Å². The van der Waals surface area contributed by atoms with Gasteiger partial charge in [0.25, 0.3) is 0 Å². The van der Waals surface area contributed by atoms with Crippen molar-refractivity contribution < 1.29 is 4.74 Å². The molecule has 4 N–H and O–H groups in total. The molecule has 100 valence electrons. The molecular weight excluding hydrogens is 266 g/mol. The number of aryl methyl sites for hydroxylation is 1. The van der Waals surface area contributed by atoms with Crippen molar-refractivity contribution in [3.8, 4) is 5.75 Å². The third-order valence-electron chi connectivity index (χ3n) is 2.56. The van der Waals surface area contributed by atoms with Crippen LogP contribution in [0.1, 0.15) is 5.56 Å². The number of nitrogens with zero attached hydrogens (tertiary/aromatic N) is 2. The van der Waals surface area contributed by atoms with Crippen LogP contribution in [0.2, 0.25) is 5.02 Å². The van der Waals surface area contributed by atoms with E-state index in [-0.39, 0.29) is 0 Å². The van der Waals surface area contributed by atoms with Crippen molar-refractivity contribution >= 4 is 28.9 Å². The van der Waals surface area contributed by atoms with Crippen LogP contribution >= 0.6 is 11.6 Å². The maximum absolute atomic E-state index is 6.06. The van der Waals surface area contributed by atoms with Crippen molar-refractivity contribution in [2.45, 2.75) is 6.92 Å². The van der Waals surface area contributed by atoms with Gasteiger partial charge in [-0.2, -0.15) is 0 Å². The van der Waals surface area contributed by atoms with E-state index in [1.807, 2.05) is 13.0 Å². The lowest BCUT2D eigenvalue weighted by Crippen LogP contribution is -2.09. The second-order valence-corrected chi connectivity index (χ2v) is 4.27. The molecule has 0 atom stereocenters. The highest BCUT2D eigenvalue weighted by Gasteiger charge is 2.08. The van der Waals surface area contributed by atoms with Crippen LogP contribution in [0.25, 0.3) is 0 Å². The van der Waals surface area contributed by atoms with Gasteiger partial charge in [-0.25, -0.2) is 15.8 Å². The zero-order valence-corrected chi connectivity index (χ0v) is 11.3. The zero-order chi connectivity index (χ0) is 13.8. The molecular formula is C12H14ClN5O. The first kappa shape index (κ1) is 13.4. The van der Waals surface area contributed by atoms with Gasteiger partial charge in [-0.05, 0) is 18.6 Å². The Morgan fingerprint density at radius 1 is 1.21 bits per heavy atom. The Morgan fingerprint density at radius 3 is 2.63 bits per heavy atom. The molecule has 0 aliphatic rings. The number of anilines is 3. The van der Waals surface area contributed by atoms with Gasteiger partial charge in [0.2, 0.25) is 0 Å². The average Bonchev–Trinajstić information content (AvgIpc) is 2.43. The molecule has 1 aromatic carbocycles. The van der Waals surface area contributed by atoms with E-state index >= 15 is 0 Å². The van der Waals surface area contributed by atoms with E-state index in [4.69, 9.17) is 22.2 Å². The molecule has 1 heterocycles. The van der Waals surface area contributed by atoms with Crippen LogP contribution in [0.5, 0.6) is 5.75 Å². The fourth-order valence-electron chi connectivity index (χ4n) is 1.57. The molecule has 0 unspecified atom stereocenters. The van der Waals surface area contributed by atoms with Crippen molar-refractivity contribution in [2.75, 3.05) is 17.9 Å². The summed E-state index contributed by atoms with van der Waals surface area (Å²) in [5, 5.41) is 3.78. The minimum atomic E-state index is 0.516. The Labute approximate surface area is 115 Å². The summed E-state index contributed by atoms with van der Waals surface area (Å²) in [6.07, 6.45) is 1.41. The second kappa shape index (κ2) is 5.73. The highest BCUT2D eigenvalue weighted by Crippen LogP contribution is 2.32. The molecule has 0 radical (unpaired) electrons. The summed E-state index contributed by atoms with van der Waals surface area (Å²) in [5.41, 5.74) is 4.17. The molecule has 2 rings (SSSR count). The van der Waals surface area contributed by atoms with E-state index in [1.165, 1.54) is 6.33 Å². The highest BCUT2D eigenvalue weighted by atomic mass is 35.5. The van der Waals surface area contributed by atoms with Crippen molar-refractivity contribution in [1.82, 2.24) is 9.97 Å². The molecule has 1 aromatic heterocycles. The van der Waals surface area contributed by atoms with Gasteiger partial charge in [0.05, 0.1) is 12.8 Å². The van der Waals surface area contributed by atoms with E-state index in [9.17, 15) is 0 Å². The van der Waals surface area contributed by atoms with Gasteiger partial charge in [-0.1, -0.05) is 11.6 Å². The smallest absolute Gasteiger partial charge is 0.145 e. The summed E-state index contributed by atoms with van der Waals surface area (Å²) in [4.78, 5) is 8.04. The summed E-state index contributed by atoms with van der Waals surface area (Å²) in [5.74, 6) is 7.05. The number of methoxy groups -OCH3 is 1. The van der Waals surface area contributed by atoms with Crippen LogP contribution in [0.4, 0.5) is 17.3 Å². The second-order valence-electron chi connectivity index (χ2n) is 3.86. The molecule has 0 saturated carbocycles. The Bertz CT molecular complexity index is 590. The lowest BCUT2D eigenvalue weighted by atomic mass is 10.2. The molecule has 0 aliphatic heterocycles. The van der Waals surface area contributed by atoms with E-state index in [1.54, 1.807) is 19.2 Å². The molecule has 6 nitrogen and oxygen atoms in total. The van der Waals surface area contributed by atoms with Crippen LogP contribution in [0, 0.1) is 6.92 Å². The number of hydrogen-bond acceptors (Lipinski definition) is 6. The number of benzene rings is 1. The number of hydrogen-bond donors (Lipinski definition) is 3. The predicted molar refractivity (Wildman–Crippen MR) is 75.9 cm³/mol. The SMILES string of the molecule is COc1cc(Cl)c(C)cc1Nc1cc(NN)ncn1. The molecule has 0 aliphatic carbocycles. The summed E-state index contributed by atoms with van der Waals surface area (Å²) in [6.45, 7) is 1.92. The number of hydrazine groups is 1. The first-order valence-electron chi connectivity index (χ1n) is 5.54. The average molecular weight is 280 g/mol. The molecule has 0 amide bonds. The van der Waals surface area contributed by atoms with Gasteiger partial charge in [0.1, 0.15) is 23.7 Å². The lowest BCUT2D eigenvalue weighted by molar-refractivity contribution is 0.416. The number of aromatic nitrogens is 2. The number of halogens is 1. The van der Waals surface area contributed by atoms with Gasteiger partial charge >= 0.3 is 0 Å². The van der Waals surface area contributed by atoms with Gasteiger partial charge in [0, 0.05) is 17.2 Å². The minimum absolute atomic E-state index is 0.516. The maximum atomic E-state index is 6.06. The number of rotatable bonds is 4. The Kier molecular flexibility index (Phi) is 4.03. The quantitative estimate of drug-likeness (QED) is 0.589. The predicted octanol–water partition coefficient (Wildman–Crippen LogP) is 2.48. The number of nitrogens with one attached hydrogen (secondary N) is 2. The largest absolute Gasteiger partial charge is 0.495 e. The highest BCUT2D eigenvalue weighted by molar-refractivity contribution is 6.31.